The smallest absolute Gasteiger partial charge is 0.205 e. The molecule has 0 bridgehead atoms. The van der Waals surface area contributed by atoms with Crippen LogP contribution in [0.2, 0.25) is 10.3 Å². The van der Waals surface area contributed by atoms with Gasteiger partial charge in [-0.15, -0.1) is 0 Å². The van der Waals surface area contributed by atoms with Crippen LogP contribution in [0.1, 0.15) is 5.69 Å². The molecule has 21 heavy (non-hydrogen) atoms. The predicted octanol–water partition coefficient (Wildman–Crippen LogP) is 4.48. The fourth-order valence-electron chi connectivity index (χ4n) is 2.01. The second-order valence-electron chi connectivity index (χ2n) is 4.34. The molecule has 7 heteroatoms. The van der Waals surface area contributed by atoms with Crippen LogP contribution in [0.15, 0.2) is 30.5 Å². The van der Waals surface area contributed by atoms with Crippen LogP contribution in [-0.4, -0.2) is 14.5 Å². The molecule has 0 spiro atoms. The van der Waals surface area contributed by atoms with Crippen LogP contribution >= 0.6 is 23.2 Å². The van der Waals surface area contributed by atoms with Gasteiger partial charge in [-0.2, -0.15) is 0 Å². The van der Waals surface area contributed by atoms with E-state index in [4.69, 9.17) is 29.8 Å². The van der Waals surface area contributed by atoms with Gasteiger partial charge in [-0.25, -0.2) is 14.2 Å². The van der Waals surface area contributed by atoms with E-state index in [-0.39, 0.29) is 10.3 Å². The number of benzene rings is 1. The van der Waals surface area contributed by atoms with Crippen LogP contribution in [0.4, 0.5) is 10.1 Å². The van der Waals surface area contributed by atoms with Gasteiger partial charge in [0.15, 0.2) is 0 Å². The quantitative estimate of drug-likeness (QED) is 0.653. The largest absolute Gasteiger partial charge is 0.308 e. The summed E-state index contributed by atoms with van der Waals surface area (Å²) in [5, 5.41) is 0.413. The Labute approximate surface area is 129 Å². The van der Waals surface area contributed by atoms with Crippen molar-refractivity contribution in [1.29, 1.82) is 0 Å². The first kappa shape index (κ1) is 13.8. The maximum Gasteiger partial charge on any atom is 0.205 e. The van der Waals surface area contributed by atoms with Gasteiger partial charge in [0.2, 0.25) is 11.0 Å². The number of fused-ring (bicyclic) bond motifs is 1. The van der Waals surface area contributed by atoms with Gasteiger partial charge in [-0.3, -0.25) is 4.98 Å². The molecule has 2 heterocycles. The SMILES string of the molecule is [C-]#[N+]c1ccc(Cn2c(Cl)nc3c(Cl)cc(F)cc32)nc1. The summed E-state index contributed by atoms with van der Waals surface area (Å²) in [5.74, 6) is -0.457. The lowest BCUT2D eigenvalue weighted by Gasteiger charge is -2.06. The normalized spacial score (nSPS) is 10.8. The molecule has 0 radical (unpaired) electrons. The molecular weight excluding hydrogens is 314 g/mol. The number of imidazole rings is 1. The maximum atomic E-state index is 13.5. The molecule has 0 N–H and O–H groups in total. The zero-order valence-corrected chi connectivity index (χ0v) is 12.0. The lowest BCUT2D eigenvalue weighted by Crippen LogP contribution is -2.01. The average Bonchev–Trinajstić information content (AvgIpc) is 2.77. The summed E-state index contributed by atoms with van der Waals surface area (Å²) < 4.78 is 15.1. The van der Waals surface area contributed by atoms with Gasteiger partial charge in [0.1, 0.15) is 11.3 Å². The fourth-order valence-corrected chi connectivity index (χ4v) is 2.49. The Morgan fingerprint density at radius 3 is 2.76 bits per heavy atom. The summed E-state index contributed by atoms with van der Waals surface area (Å²) in [5.41, 5.74) is 2.08. The molecule has 0 fully saturated rings. The molecule has 3 aromatic rings. The van der Waals surface area contributed by atoms with E-state index in [1.165, 1.54) is 18.3 Å². The third-order valence-electron chi connectivity index (χ3n) is 2.98. The van der Waals surface area contributed by atoms with Crippen LogP contribution in [0, 0.1) is 12.4 Å². The molecule has 0 aliphatic heterocycles. The third kappa shape index (κ3) is 2.56. The first-order chi connectivity index (χ1) is 10.1. The molecule has 0 aliphatic carbocycles. The van der Waals surface area contributed by atoms with Gasteiger partial charge in [-0.1, -0.05) is 17.7 Å². The van der Waals surface area contributed by atoms with E-state index in [2.05, 4.69) is 14.8 Å². The molecule has 0 unspecified atom stereocenters. The molecule has 0 aliphatic rings. The molecule has 0 amide bonds. The van der Waals surface area contributed by atoms with Crippen molar-refractivity contribution in [3.05, 3.63) is 63.7 Å². The van der Waals surface area contributed by atoms with E-state index < -0.39 is 5.82 Å². The Morgan fingerprint density at radius 1 is 1.29 bits per heavy atom. The van der Waals surface area contributed by atoms with Crippen molar-refractivity contribution in [2.24, 2.45) is 0 Å². The lowest BCUT2D eigenvalue weighted by molar-refractivity contribution is 0.628. The van der Waals surface area contributed by atoms with Gasteiger partial charge in [0.25, 0.3) is 0 Å². The van der Waals surface area contributed by atoms with Crippen molar-refractivity contribution >= 4 is 39.9 Å². The van der Waals surface area contributed by atoms with Gasteiger partial charge < -0.3 is 4.57 Å². The predicted molar refractivity (Wildman–Crippen MR) is 79.3 cm³/mol. The number of nitrogens with zero attached hydrogens (tertiary/aromatic N) is 4. The van der Waals surface area contributed by atoms with Gasteiger partial charge in [-0.05, 0) is 29.8 Å². The van der Waals surface area contributed by atoms with Crippen molar-refractivity contribution in [2.45, 2.75) is 6.54 Å². The highest BCUT2D eigenvalue weighted by Crippen LogP contribution is 2.28. The van der Waals surface area contributed by atoms with Gasteiger partial charge in [0.05, 0.1) is 29.4 Å². The highest BCUT2D eigenvalue weighted by Gasteiger charge is 2.14. The summed E-state index contributed by atoms with van der Waals surface area (Å²) in [6, 6.07) is 5.90. The molecule has 3 rings (SSSR count). The van der Waals surface area contributed by atoms with Crippen LogP contribution in [0.5, 0.6) is 0 Å². The van der Waals surface area contributed by atoms with Crippen LogP contribution in [0.25, 0.3) is 15.9 Å². The molecule has 0 saturated carbocycles. The van der Waals surface area contributed by atoms with Gasteiger partial charge in [0, 0.05) is 6.20 Å². The number of aromatic nitrogens is 3. The molecule has 1 aromatic carbocycles. The Kier molecular flexibility index (Phi) is 3.50. The van der Waals surface area contributed by atoms with Crippen molar-refractivity contribution < 1.29 is 4.39 Å². The second-order valence-corrected chi connectivity index (χ2v) is 5.09. The van der Waals surface area contributed by atoms with Crippen molar-refractivity contribution in [3.8, 4) is 0 Å². The number of pyridine rings is 1. The van der Waals surface area contributed by atoms with E-state index in [0.717, 1.165) is 0 Å². The van der Waals surface area contributed by atoms with E-state index in [1.54, 1.807) is 16.7 Å². The first-order valence-corrected chi connectivity index (χ1v) is 6.67. The molecule has 4 nitrogen and oxygen atoms in total. The monoisotopic (exact) mass is 320 g/mol. The Bertz CT molecular complexity index is 865. The summed E-state index contributed by atoms with van der Waals surface area (Å²) >= 11 is 12.1. The highest BCUT2D eigenvalue weighted by molar-refractivity contribution is 6.35. The average molecular weight is 321 g/mol. The lowest BCUT2D eigenvalue weighted by atomic mass is 10.3. The Balaban J connectivity index is 2.07. The molecule has 0 atom stereocenters. The van der Waals surface area contributed by atoms with Crippen molar-refractivity contribution in [3.63, 3.8) is 0 Å². The molecular formula is C14H7Cl2FN4. The zero-order chi connectivity index (χ0) is 15.0. The van der Waals surface area contributed by atoms with Crippen molar-refractivity contribution in [2.75, 3.05) is 0 Å². The van der Waals surface area contributed by atoms with Crippen LogP contribution in [-0.2, 0) is 6.54 Å². The number of hydrogen-bond acceptors (Lipinski definition) is 2. The standard InChI is InChI=1S/C14H7Cl2FN4/c1-18-9-2-3-10(19-6-9)7-21-12-5-8(17)4-11(15)13(12)20-14(21)16/h2-6H,7H2. The van der Waals surface area contributed by atoms with Crippen LogP contribution < -0.4 is 0 Å². The Morgan fingerprint density at radius 2 is 2.10 bits per heavy atom. The summed E-state index contributed by atoms with van der Waals surface area (Å²) in [6.07, 6.45) is 1.48. The van der Waals surface area contributed by atoms with E-state index in [0.29, 0.717) is 29.0 Å². The first-order valence-electron chi connectivity index (χ1n) is 5.91. The minimum Gasteiger partial charge on any atom is -0.308 e. The molecule has 104 valence electrons. The number of hydrogen-bond donors (Lipinski definition) is 0. The maximum absolute atomic E-state index is 13.5. The summed E-state index contributed by atoms with van der Waals surface area (Å²) in [7, 11) is 0. The molecule has 2 aromatic heterocycles. The highest BCUT2D eigenvalue weighted by atomic mass is 35.5. The summed E-state index contributed by atoms with van der Waals surface area (Å²) in [4.78, 5) is 11.6. The Hall–Kier alpha value is -2.16. The third-order valence-corrected chi connectivity index (χ3v) is 3.56. The summed E-state index contributed by atoms with van der Waals surface area (Å²) in [6.45, 7) is 7.20. The number of halogens is 3. The van der Waals surface area contributed by atoms with E-state index >= 15 is 0 Å². The number of rotatable bonds is 2. The van der Waals surface area contributed by atoms with E-state index in [9.17, 15) is 4.39 Å². The minimum absolute atomic E-state index is 0.202. The van der Waals surface area contributed by atoms with Crippen LogP contribution in [0.3, 0.4) is 0 Å². The minimum atomic E-state index is -0.457. The zero-order valence-electron chi connectivity index (χ0n) is 10.5. The molecule has 0 saturated heterocycles. The van der Waals surface area contributed by atoms with Gasteiger partial charge >= 0.3 is 0 Å². The second kappa shape index (κ2) is 5.32. The van der Waals surface area contributed by atoms with E-state index in [1.807, 2.05) is 0 Å². The topological polar surface area (TPSA) is 35.1 Å². The fraction of sp³-hybridized carbons (Fsp3) is 0.0714. The van der Waals surface area contributed by atoms with Crippen molar-refractivity contribution in [1.82, 2.24) is 14.5 Å².